The van der Waals surface area contributed by atoms with E-state index >= 15 is 0 Å². The molecule has 68 valence electrons. The summed E-state index contributed by atoms with van der Waals surface area (Å²) in [5.41, 5.74) is 0. The maximum Gasteiger partial charge on any atom is 0.194 e. The lowest BCUT2D eigenvalue weighted by Gasteiger charge is -1.98. The number of hydrogen-bond acceptors (Lipinski definition) is 3. The molecule has 1 N–H and O–H groups in total. The van der Waals surface area contributed by atoms with Crippen LogP contribution in [-0.2, 0) is 13.0 Å². The fraction of sp³-hybridized carbons (Fsp3) is 0.667. The summed E-state index contributed by atoms with van der Waals surface area (Å²) in [7, 11) is 1.89. The van der Waals surface area contributed by atoms with Crippen LogP contribution < -0.4 is 5.32 Å². The van der Waals surface area contributed by atoms with E-state index in [-0.39, 0.29) is 0 Å². The van der Waals surface area contributed by atoms with Crippen molar-refractivity contribution < 1.29 is 4.42 Å². The van der Waals surface area contributed by atoms with E-state index in [2.05, 4.69) is 24.1 Å². The van der Waals surface area contributed by atoms with Crippen molar-refractivity contribution in [1.82, 2.24) is 10.3 Å². The summed E-state index contributed by atoms with van der Waals surface area (Å²) in [6.45, 7) is 5.06. The van der Waals surface area contributed by atoms with Gasteiger partial charge >= 0.3 is 0 Å². The maximum absolute atomic E-state index is 5.46. The maximum atomic E-state index is 5.46. The van der Waals surface area contributed by atoms with Crippen LogP contribution in [0.15, 0.2) is 10.6 Å². The van der Waals surface area contributed by atoms with Gasteiger partial charge in [-0.25, -0.2) is 4.98 Å². The minimum absolute atomic E-state index is 0.603. The van der Waals surface area contributed by atoms with Crippen LogP contribution in [0.3, 0.4) is 0 Å². The minimum atomic E-state index is 0.603. The molecule has 12 heavy (non-hydrogen) atoms. The molecule has 3 nitrogen and oxygen atoms in total. The highest BCUT2D eigenvalue weighted by Gasteiger charge is 2.04. The predicted molar refractivity (Wildman–Crippen MR) is 47.8 cm³/mol. The van der Waals surface area contributed by atoms with E-state index in [1.807, 2.05) is 7.05 Å². The molecule has 0 spiro atoms. The van der Waals surface area contributed by atoms with Gasteiger partial charge in [-0.05, 0) is 13.0 Å². The molecular weight excluding hydrogens is 152 g/mol. The van der Waals surface area contributed by atoms with Crippen molar-refractivity contribution in [2.75, 3.05) is 7.05 Å². The highest BCUT2D eigenvalue weighted by molar-refractivity contribution is 4.94. The van der Waals surface area contributed by atoms with Crippen molar-refractivity contribution in [3.05, 3.63) is 17.8 Å². The van der Waals surface area contributed by atoms with Crippen LogP contribution in [-0.4, -0.2) is 12.0 Å². The van der Waals surface area contributed by atoms with E-state index in [1.54, 1.807) is 6.20 Å². The van der Waals surface area contributed by atoms with Gasteiger partial charge in [0, 0.05) is 6.42 Å². The average molecular weight is 168 g/mol. The second-order valence-electron chi connectivity index (χ2n) is 3.35. The summed E-state index contributed by atoms with van der Waals surface area (Å²) in [5.74, 6) is 2.36. The molecule has 3 heteroatoms. The van der Waals surface area contributed by atoms with Crippen LogP contribution in [0.1, 0.15) is 25.5 Å². The van der Waals surface area contributed by atoms with Crippen LogP contribution in [0.5, 0.6) is 0 Å². The third-order valence-electron chi connectivity index (χ3n) is 1.54. The molecule has 0 saturated carbocycles. The first-order chi connectivity index (χ1) is 5.72. The van der Waals surface area contributed by atoms with Crippen molar-refractivity contribution in [1.29, 1.82) is 0 Å². The second kappa shape index (κ2) is 4.26. The van der Waals surface area contributed by atoms with E-state index in [0.717, 1.165) is 24.6 Å². The van der Waals surface area contributed by atoms with Crippen LogP contribution in [0, 0.1) is 5.92 Å². The smallest absolute Gasteiger partial charge is 0.194 e. The first kappa shape index (κ1) is 9.26. The first-order valence-electron chi connectivity index (χ1n) is 4.30. The molecule has 0 fully saturated rings. The molecule has 0 aliphatic carbocycles. The molecule has 1 aromatic heterocycles. The Morgan fingerprint density at radius 3 is 2.92 bits per heavy atom. The zero-order valence-electron chi connectivity index (χ0n) is 7.92. The summed E-state index contributed by atoms with van der Waals surface area (Å²) in [6.07, 6.45) is 2.71. The Morgan fingerprint density at radius 2 is 2.33 bits per heavy atom. The summed E-state index contributed by atoms with van der Waals surface area (Å²) < 4.78 is 5.46. The molecule has 0 radical (unpaired) electrons. The van der Waals surface area contributed by atoms with Gasteiger partial charge in [-0.15, -0.1) is 0 Å². The minimum Gasteiger partial charge on any atom is -0.444 e. The van der Waals surface area contributed by atoms with Crippen molar-refractivity contribution >= 4 is 0 Å². The second-order valence-corrected chi connectivity index (χ2v) is 3.35. The Labute approximate surface area is 73.2 Å². The van der Waals surface area contributed by atoms with Gasteiger partial charge in [0.05, 0.1) is 12.7 Å². The van der Waals surface area contributed by atoms with Crippen molar-refractivity contribution in [3.63, 3.8) is 0 Å². The van der Waals surface area contributed by atoms with E-state index in [4.69, 9.17) is 4.42 Å². The third-order valence-corrected chi connectivity index (χ3v) is 1.54. The van der Waals surface area contributed by atoms with Crippen molar-refractivity contribution in [2.24, 2.45) is 5.92 Å². The zero-order chi connectivity index (χ0) is 8.97. The molecule has 0 amide bonds. The largest absolute Gasteiger partial charge is 0.444 e. The number of nitrogens with zero attached hydrogens (tertiary/aromatic N) is 1. The highest BCUT2D eigenvalue weighted by atomic mass is 16.4. The molecule has 0 saturated heterocycles. The molecule has 0 unspecified atom stereocenters. The third kappa shape index (κ3) is 2.66. The van der Waals surface area contributed by atoms with E-state index in [1.165, 1.54) is 0 Å². The number of aromatic nitrogens is 1. The highest BCUT2D eigenvalue weighted by Crippen LogP contribution is 2.08. The Morgan fingerprint density at radius 1 is 1.58 bits per heavy atom. The summed E-state index contributed by atoms with van der Waals surface area (Å²) >= 11 is 0. The Balaban J connectivity index is 2.52. The van der Waals surface area contributed by atoms with Gasteiger partial charge in [-0.1, -0.05) is 13.8 Å². The van der Waals surface area contributed by atoms with E-state index in [9.17, 15) is 0 Å². The number of oxazole rings is 1. The molecule has 1 aromatic rings. The molecule has 0 aromatic carbocycles. The van der Waals surface area contributed by atoms with Gasteiger partial charge in [0.2, 0.25) is 0 Å². The Bertz CT molecular complexity index is 230. The molecule has 1 heterocycles. The van der Waals surface area contributed by atoms with E-state index < -0.39 is 0 Å². The van der Waals surface area contributed by atoms with Crippen molar-refractivity contribution in [2.45, 2.75) is 26.8 Å². The van der Waals surface area contributed by atoms with Crippen molar-refractivity contribution in [3.8, 4) is 0 Å². The summed E-state index contributed by atoms with van der Waals surface area (Å²) in [4.78, 5) is 4.17. The van der Waals surface area contributed by atoms with Gasteiger partial charge in [0.1, 0.15) is 5.76 Å². The lowest BCUT2D eigenvalue weighted by molar-refractivity contribution is 0.422. The summed E-state index contributed by atoms with van der Waals surface area (Å²) in [6, 6.07) is 0. The standard InChI is InChI=1S/C9H16N2O/c1-7(2)4-9-11-6-8(12-9)5-10-3/h6-7,10H,4-5H2,1-3H3. The van der Waals surface area contributed by atoms with Crippen LogP contribution >= 0.6 is 0 Å². The van der Waals surface area contributed by atoms with Gasteiger partial charge in [0.15, 0.2) is 5.89 Å². The normalized spacial score (nSPS) is 11.0. The fourth-order valence-corrected chi connectivity index (χ4v) is 1.05. The number of rotatable bonds is 4. The van der Waals surface area contributed by atoms with E-state index in [0.29, 0.717) is 5.92 Å². The zero-order valence-corrected chi connectivity index (χ0v) is 7.92. The summed E-state index contributed by atoms with van der Waals surface area (Å²) in [5, 5.41) is 3.02. The average Bonchev–Trinajstić information content (AvgIpc) is 2.36. The molecule has 0 atom stereocenters. The Hall–Kier alpha value is -0.830. The molecular formula is C9H16N2O. The van der Waals surface area contributed by atoms with Gasteiger partial charge in [-0.3, -0.25) is 0 Å². The SMILES string of the molecule is CNCc1cnc(CC(C)C)o1. The molecule has 0 aliphatic rings. The molecule has 0 aliphatic heterocycles. The van der Waals surface area contributed by atoms with Crippen LogP contribution in [0.4, 0.5) is 0 Å². The van der Waals surface area contributed by atoms with Crippen LogP contribution in [0.2, 0.25) is 0 Å². The first-order valence-corrected chi connectivity index (χ1v) is 4.30. The molecule has 1 rings (SSSR count). The topological polar surface area (TPSA) is 38.1 Å². The predicted octanol–water partition coefficient (Wildman–Crippen LogP) is 1.59. The van der Waals surface area contributed by atoms with Gasteiger partial charge in [-0.2, -0.15) is 0 Å². The Kier molecular flexibility index (Phi) is 3.29. The monoisotopic (exact) mass is 168 g/mol. The quantitative estimate of drug-likeness (QED) is 0.742. The number of hydrogen-bond donors (Lipinski definition) is 1. The van der Waals surface area contributed by atoms with Crippen LogP contribution in [0.25, 0.3) is 0 Å². The lowest BCUT2D eigenvalue weighted by atomic mass is 10.1. The molecule has 0 bridgehead atoms. The lowest BCUT2D eigenvalue weighted by Crippen LogP contribution is -2.03. The fourth-order valence-electron chi connectivity index (χ4n) is 1.05. The van der Waals surface area contributed by atoms with Gasteiger partial charge in [0.25, 0.3) is 0 Å². The van der Waals surface area contributed by atoms with Gasteiger partial charge < -0.3 is 9.73 Å². The number of nitrogens with one attached hydrogen (secondary N) is 1.